The highest BCUT2D eigenvalue weighted by atomic mass is 32.1. The zero-order chi connectivity index (χ0) is 21.6. The van der Waals surface area contributed by atoms with Crippen molar-refractivity contribution in [2.45, 2.75) is 65.3 Å². The Bertz CT molecular complexity index is 820. The first kappa shape index (κ1) is 22.9. The van der Waals surface area contributed by atoms with E-state index in [-0.39, 0.29) is 17.2 Å². The molecule has 0 aliphatic rings. The summed E-state index contributed by atoms with van der Waals surface area (Å²) in [7, 11) is 0. The average Bonchev–Trinajstić information content (AvgIpc) is 3.12. The predicted molar refractivity (Wildman–Crippen MR) is 119 cm³/mol. The van der Waals surface area contributed by atoms with Crippen molar-refractivity contribution in [1.29, 1.82) is 0 Å². The Labute approximate surface area is 177 Å². The van der Waals surface area contributed by atoms with Gasteiger partial charge in [0.05, 0.1) is 5.69 Å². The second-order valence-electron chi connectivity index (χ2n) is 8.29. The van der Waals surface area contributed by atoms with Crippen LogP contribution in [0.25, 0.3) is 0 Å². The van der Waals surface area contributed by atoms with Gasteiger partial charge in [0.2, 0.25) is 11.8 Å². The van der Waals surface area contributed by atoms with Crippen LogP contribution in [0.3, 0.4) is 0 Å². The molecule has 2 amide bonds. The molecule has 7 heteroatoms. The summed E-state index contributed by atoms with van der Waals surface area (Å²) >= 11 is 1.57. The van der Waals surface area contributed by atoms with Gasteiger partial charge in [0.25, 0.3) is 0 Å². The van der Waals surface area contributed by atoms with Crippen molar-refractivity contribution in [1.82, 2.24) is 10.3 Å². The van der Waals surface area contributed by atoms with Crippen molar-refractivity contribution in [3.05, 3.63) is 40.9 Å². The van der Waals surface area contributed by atoms with Crippen LogP contribution in [0.2, 0.25) is 0 Å². The summed E-state index contributed by atoms with van der Waals surface area (Å²) in [6.45, 7) is 10.3. The van der Waals surface area contributed by atoms with Crippen molar-refractivity contribution < 1.29 is 9.59 Å². The Kier molecular flexibility index (Phi) is 7.79. The second kappa shape index (κ2) is 9.87. The molecule has 1 aromatic carbocycles. The van der Waals surface area contributed by atoms with E-state index in [0.717, 1.165) is 34.9 Å². The SMILES string of the molecule is CCC(CC)C(=O)NC(Cc1ccc(Nc2nc(C(C)(C)C)cs2)cc1)C(N)=O. The molecular weight excluding hydrogens is 384 g/mol. The van der Waals surface area contributed by atoms with Gasteiger partial charge in [-0.25, -0.2) is 4.98 Å². The number of amides is 2. The number of thiazole rings is 1. The van der Waals surface area contributed by atoms with Gasteiger partial charge in [-0.15, -0.1) is 11.3 Å². The second-order valence-corrected chi connectivity index (χ2v) is 9.15. The smallest absolute Gasteiger partial charge is 0.240 e. The molecule has 0 fully saturated rings. The van der Waals surface area contributed by atoms with Gasteiger partial charge in [-0.2, -0.15) is 0 Å². The molecule has 0 radical (unpaired) electrons. The number of nitrogens with zero attached hydrogens (tertiary/aromatic N) is 1. The zero-order valence-electron chi connectivity index (χ0n) is 17.9. The first-order valence-electron chi connectivity index (χ1n) is 10.1. The van der Waals surface area contributed by atoms with Gasteiger partial charge in [0.1, 0.15) is 6.04 Å². The highest BCUT2D eigenvalue weighted by Crippen LogP contribution is 2.28. The minimum Gasteiger partial charge on any atom is -0.368 e. The summed E-state index contributed by atoms with van der Waals surface area (Å²) in [6.07, 6.45) is 1.84. The lowest BCUT2D eigenvalue weighted by atomic mass is 9.93. The molecule has 0 aliphatic carbocycles. The molecule has 29 heavy (non-hydrogen) atoms. The van der Waals surface area contributed by atoms with E-state index in [1.807, 2.05) is 38.1 Å². The van der Waals surface area contributed by atoms with E-state index in [4.69, 9.17) is 5.73 Å². The first-order chi connectivity index (χ1) is 13.6. The third-order valence-electron chi connectivity index (χ3n) is 4.93. The Hall–Kier alpha value is -2.41. The van der Waals surface area contributed by atoms with Crippen LogP contribution in [0.4, 0.5) is 10.8 Å². The largest absolute Gasteiger partial charge is 0.368 e. The topological polar surface area (TPSA) is 97.1 Å². The number of carbonyl (C=O) groups excluding carboxylic acids is 2. The molecule has 0 aliphatic heterocycles. The number of carbonyl (C=O) groups is 2. The van der Waals surface area contributed by atoms with Crippen molar-refractivity contribution in [3.8, 4) is 0 Å². The summed E-state index contributed by atoms with van der Waals surface area (Å²) in [5, 5.41) is 9.02. The third kappa shape index (κ3) is 6.56. The number of hydrogen-bond donors (Lipinski definition) is 3. The summed E-state index contributed by atoms with van der Waals surface area (Å²) in [5.41, 5.74) is 8.43. The predicted octanol–water partition coefficient (Wildman–Crippen LogP) is 4.13. The molecule has 1 heterocycles. The molecule has 1 atom stereocenters. The summed E-state index contributed by atoms with van der Waals surface area (Å²) < 4.78 is 0. The van der Waals surface area contributed by atoms with Crippen LogP contribution in [0.5, 0.6) is 0 Å². The van der Waals surface area contributed by atoms with E-state index in [2.05, 4.69) is 41.8 Å². The molecule has 1 unspecified atom stereocenters. The zero-order valence-corrected chi connectivity index (χ0v) is 18.7. The van der Waals surface area contributed by atoms with Gasteiger partial charge >= 0.3 is 0 Å². The van der Waals surface area contributed by atoms with Crippen LogP contribution >= 0.6 is 11.3 Å². The van der Waals surface area contributed by atoms with E-state index >= 15 is 0 Å². The number of hydrogen-bond acceptors (Lipinski definition) is 5. The molecule has 158 valence electrons. The van der Waals surface area contributed by atoms with E-state index in [9.17, 15) is 9.59 Å². The van der Waals surface area contributed by atoms with Crippen molar-refractivity contribution >= 4 is 34.0 Å². The van der Waals surface area contributed by atoms with Gasteiger partial charge in [-0.1, -0.05) is 46.8 Å². The lowest BCUT2D eigenvalue weighted by Gasteiger charge is -2.19. The highest BCUT2D eigenvalue weighted by molar-refractivity contribution is 7.13. The molecule has 2 aromatic rings. The molecule has 0 saturated carbocycles. The lowest BCUT2D eigenvalue weighted by molar-refractivity contribution is -0.130. The Morgan fingerprint density at radius 2 is 1.76 bits per heavy atom. The van der Waals surface area contributed by atoms with Crippen molar-refractivity contribution in [2.24, 2.45) is 11.7 Å². The van der Waals surface area contributed by atoms with Crippen LogP contribution < -0.4 is 16.4 Å². The standard InChI is InChI=1S/C22H32N4O2S/c1-6-15(7-2)20(28)25-17(19(23)27)12-14-8-10-16(11-9-14)24-21-26-18(13-29-21)22(3,4)5/h8-11,13,15,17H,6-7,12H2,1-5H3,(H2,23,27)(H,24,26)(H,25,28). The number of nitrogens with two attached hydrogens (primary N) is 1. The lowest BCUT2D eigenvalue weighted by Crippen LogP contribution is -2.47. The number of benzene rings is 1. The minimum atomic E-state index is -0.713. The Morgan fingerprint density at radius 3 is 2.24 bits per heavy atom. The van der Waals surface area contributed by atoms with E-state index in [0.29, 0.717) is 6.42 Å². The number of aromatic nitrogens is 1. The molecular formula is C22H32N4O2S. The fraction of sp³-hybridized carbons (Fsp3) is 0.500. The Morgan fingerprint density at radius 1 is 1.14 bits per heavy atom. The minimum absolute atomic E-state index is 0.0169. The maximum Gasteiger partial charge on any atom is 0.240 e. The van der Waals surface area contributed by atoms with E-state index < -0.39 is 11.9 Å². The molecule has 0 saturated heterocycles. The highest BCUT2D eigenvalue weighted by Gasteiger charge is 2.22. The van der Waals surface area contributed by atoms with E-state index in [1.165, 1.54) is 0 Å². The fourth-order valence-corrected chi connectivity index (χ4v) is 3.89. The number of primary amides is 1. The van der Waals surface area contributed by atoms with Crippen molar-refractivity contribution in [2.75, 3.05) is 5.32 Å². The quantitative estimate of drug-likeness (QED) is 0.572. The molecule has 0 bridgehead atoms. The van der Waals surface area contributed by atoms with Crippen LogP contribution in [-0.2, 0) is 21.4 Å². The molecule has 1 aromatic heterocycles. The van der Waals surface area contributed by atoms with E-state index in [1.54, 1.807) is 11.3 Å². The number of anilines is 2. The normalized spacial score (nSPS) is 12.6. The van der Waals surface area contributed by atoms with Gasteiger partial charge in [0, 0.05) is 28.8 Å². The van der Waals surface area contributed by atoms with Gasteiger partial charge in [0.15, 0.2) is 5.13 Å². The average molecular weight is 417 g/mol. The van der Waals surface area contributed by atoms with Crippen LogP contribution in [0.1, 0.15) is 58.7 Å². The summed E-state index contributed by atoms with van der Waals surface area (Å²) in [4.78, 5) is 28.8. The monoisotopic (exact) mass is 416 g/mol. The number of rotatable bonds is 9. The molecule has 4 N–H and O–H groups in total. The van der Waals surface area contributed by atoms with Gasteiger partial charge in [-0.05, 0) is 30.5 Å². The third-order valence-corrected chi connectivity index (χ3v) is 5.69. The maximum absolute atomic E-state index is 12.3. The Balaban J connectivity index is 2.01. The van der Waals surface area contributed by atoms with Crippen LogP contribution in [0, 0.1) is 5.92 Å². The number of nitrogens with one attached hydrogen (secondary N) is 2. The molecule has 6 nitrogen and oxygen atoms in total. The van der Waals surface area contributed by atoms with Crippen LogP contribution in [-0.4, -0.2) is 22.8 Å². The molecule has 2 rings (SSSR count). The summed E-state index contributed by atoms with van der Waals surface area (Å²) in [6, 6.07) is 7.03. The van der Waals surface area contributed by atoms with Gasteiger partial charge < -0.3 is 16.4 Å². The van der Waals surface area contributed by atoms with Gasteiger partial charge in [-0.3, -0.25) is 9.59 Å². The molecule has 0 spiro atoms. The van der Waals surface area contributed by atoms with Crippen molar-refractivity contribution in [3.63, 3.8) is 0 Å². The summed E-state index contributed by atoms with van der Waals surface area (Å²) in [5.74, 6) is -0.737. The fourth-order valence-electron chi connectivity index (χ4n) is 2.93. The maximum atomic E-state index is 12.3. The first-order valence-corrected chi connectivity index (χ1v) is 10.9. The van der Waals surface area contributed by atoms with Crippen LogP contribution in [0.15, 0.2) is 29.6 Å².